The van der Waals surface area contributed by atoms with Crippen LogP contribution in [0.1, 0.15) is 22.7 Å². The molecular weight excluding hydrogens is 270 g/mol. The summed E-state index contributed by atoms with van der Waals surface area (Å²) in [5.41, 5.74) is 5.06. The molecule has 3 nitrogen and oxygen atoms in total. The van der Waals surface area contributed by atoms with Crippen molar-refractivity contribution >= 4 is 10.9 Å². The van der Waals surface area contributed by atoms with E-state index in [0.29, 0.717) is 5.92 Å². The fourth-order valence-electron chi connectivity index (χ4n) is 3.26. The zero-order valence-electron chi connectivity index (χ0n) is 12.7. The summed E-state index contributed by atoms with van der Waals surface area (Å²) >= 11 is 0. The van der Waals surface area contributed by atoms with Crippen molar-refractivity contribution in [3.63, 3.8) is 0 Å². The zero-order chi connectivity index (χ0) is 14.9. The second-order valence-electron chi connectivity index (χ2n) is 6.08. The average Bonchev–Trinajstić information content (AvgIpc) is 2.53. The lowest BCUT2D eigenvalue weighted by molar-refractivity contribution is 0.137. The van der Waals surface area contributed by atoms with Crippen molar-refractivity contribution in [2.45, 2.75) is 19.4 Å². The molecule has 3 aromatic rings. The van der Waals surface area contributed by atoms with Gasteiger partial charge in [-0.05, 0) is 42.3 Å². The Morgan fingerprint density at radius 2 is 1.86 bits per heavy atom. The van der Waals surface area contributed by atoms with Gasteiger partial charge in [-0.25, -0.2) is 0 Å². The minimum Gasteiger partial charge on any atom is -0.298 e. The predicted octanol–water partition coefficient (Wildman–Crippen LogP) is 3.54. The number of rotatable bonds is 3. The van der Waals surface area contributed by atoms with Crippen LogP contribution in [0.3, 0.4) is 0 Å². The van der Waals surface area contributed by atoms with Gasteiger partial charge in [0, 0.05) is 49.0 Å². The lowest BCUT2D eigenvalue weighted by Crippen LogP contribution is -2.44. The van der Waals surface area contributed by atoms with Gasteiger partial charge in [-0.3, -0.25) is 14.9 Å². The first kappa shape index (κ1) is 13.4. The van der Waals surface area contributed by atoms with Crippen LogP contribution in [0.2, 0.25) is 0 Å². The Hall–Kier alpha value is -2.26. The van der Waals surface area contributed by atoms with Gasteiger partial charge in [0.1, 0.15) is 0 Å². The van der Waals surface area contributed by atoms with Gasteiger partial charge in [0.2, 0.25) is 0 Å². The Morgan fingerprint density at radius 1 is 1.00 bits per heavy atom. The third-order valence-electron chi connectivity index (χ3n) is 4.58. The molecule has 1 aromatic carbocycles. The van der Waals surface area contributed by atoms with Crippen molar-refractivity contribution in [3.05, 3.63) is 71.7 Å². The highest BCUT2D eigenvalue weighted by atomic mass is 15.2. The highest BCUT2D eigenvalue weighted by molar-refractivity contribution is 5.83. The van der Waals surface area contributed by atoms with E-state index in [4.69, 9.17) is 0 Å². The fourth-order valence-corrected chi connectivity index (χ4v) is 3.26. The standard InChI is InChI=1S/C19H19N3/c1-14-7-8-19-16(5-4-10-21-19)17(14)13-22-11-15(12-22)18-6-2-3-9-20-18/h2-10,15H,11-13H2,1H3. The summed E-state index contributed by atoms with van der Waals surface area (Å²) in [6.45, 7) is 5.37. The molecule has 0 amide bonds. The van der Waals surface area contributed by atoms with E-state index in [1.165, 1.54) is 22.2 Å². The van der Waals surface area contributed by atoms with E-state index in [1.807, 2.05) is 24.5 Å². The average molecular weight is 289 g/mol. The third kappa shape index (κ3) is 2.38. The molecule has 1 aliphatic heterocycles. The Kier molecular flexibility index (Phi) is 3.35. The van der Waals surface area contributed by atoms with E-state index in [9.17, 15) is 0 Å². The molecule has 0 atom stereocenters. The largest absolute Gasteiger partial charge is 0.298 e. The van der Waals surface area contributed by atoms with Crippen molar-refractivity contribution in [3.8, 4) is 0 Å². The molecule has 4 rings (SSSR count). The summed E-state index contributed by atoms with van der Waals surface area (Å²) in [5, 5.41) is 1.28. The first-order valence-electron chi connectivity index (χ1n) is 7.78. The van der Waals surface area contributed by atoms with Crippen molar-refractivity contribution in [2.24, 2.45) is 0 Å². The Morgan fingerprint density at radius 3 is 2.68 bits per heavy atom. The van der Waals surface area contributed by atoms with Crippen molar-refractivity contribution in [2.75, 3.05) is 13.1 Å². The van der Waals surface area contributed by atoms with Crippen LogP contribution in [0.4, 0.5) is 0 Å². The summed E-state index contributed by atoms with van der Waals surface area (Å²) < 4.78 is 0. The first-order valence-corrected chi connectivity index (χ1v) is 7.78. The molecule has 1 fully saturated rings. The normalized spacial score (nSPS) is 15.9. The third-order valence-corrected chi connectivity index (χ3v) is 4.58. The monoisotopic (exact) mass is 289 g/mol. The van der Waals surface area contributed by atoms with Crippen LogP contribution >= 0.6 is 0 Å². The molecule has 0 aliphatic carbocycles. The number of nitrogens with zero attached hydrogens (tertiary/aromatic N) is 3. The zero-order valence-corrected chi connectivity index (χ0v) is 12.7. The number of benzene rings is 1. The SMILES string of the molecule is Cc1ccc2ncccc2c1CN1CC(c2ccccn2)C1. The van der Waals surface area contributed by atoms with Gasteiger partial charge in [-0.1, -0.05) is 18.2 Å². The van der Waals surface area contributed by atoms with Crippen molar-refractivity contribution in [1.82, 2.24) is 14.9 Å². The minimum absolute atomic E-state index is 0.578. The van der Waals surface area contributed by atoms with E-state index in [-0.39, 0.29) is 0 Å². The van der Waals surface area contributed by atoms with Crippen LogP contribution < -0.4 is 0 Å². The molecule has 1 aliphatic rings. The van der Waals surface area contributed by atoms with E-state index in [1.54, 1.807) is 0 Å². The smallest absolute Gasteiger partial charge is 0.0705 e. The first-order chi connectivity index (χ1) is 10.8. The number of fused-ring (bicyclic) bond motifs is 1. The van der Waals surface area contributed by atoms with Crippen LogP contribution in [0.5, 0.6) is 0 Å². The van der Waals surface area contributed by atoms with E-state index in [2.05, 4.69) is 52.1 Å². The lowest BCUT2D eigenvalue weighted by atomic mass is 9.93. The van der Waals surface area contributed by atoms with Crippen LogP contribution in [0.15, 0.2) is 54.9 Å². The molecule has 0 unspecified atom stereocenters. The summed E-state index contributed by atoms with van der Waals surface area (Å²) in [5.74, 6) is 0.578. The number of aromatic nitrogens is 2. The van der Waals surface area contributed by atoms with Crippen LogP contribution in [-0.4, -0.2) is 28.0 Å². The van der Waals surface area contributed by atoms with Gasteiger partial charge in [0.15, 0.2) is 0 Å². The summed E-state index contributed by atoms with van der Waals surface area (Å²) in [7, 11) is 0. The maximum absolute atomic E-state index is 4.47. The van der Waals surface area contributed by atoms with Gasteiger partial charge < -0.3 is 0 Å². The molecule has 22 heavy (non-hydrogen) atoms. The number of likely N-dealkylation sites (tertiary alicyclic amines) is 1. The summed E-state index contributed by atoms with van der Waals surface area (Å²) in [6, 6.07) is 14.7. The van der Waals surface area contributed by atoms with Crippen LogP contribution in [0.25, 0.3) is 10.9 Å². The molecule has 0 N–H and O–H groups in total. The molecule has 2 aromatic heterocycles. The molecule has 0 radical (unpaired) electrons. The molecule has 0 spiro atoms. The molecule has 3 heteroatoms. The Bertz CT molecular complexity index is 792. The summed E-state index contributed by atoms with van der Waals surface area (Å²) in [4.78, 5) is 11.4. The quantitative estimate of drug-likeness (QED) is 0.738. The van der Waals surface area contributed by atoms with Crippen molar-refractivity contribution < 1.29 is 0 Å². The van der Waals surface area contributed by atoms with E-state index >= 15 is 0 Å². The predicted molar refractivity (Wildman–Crippen MR) is 88.7 cm³/mol. The molecule has 0 bridgehead atoms. The highest BCUT2D eigenvalue weighted by Crippen LogP contribution is 2.29. The number of aryl methyl sites for hydroxylation is 1. The second kappa shape index (κ2) is 5.50. The van der Waals surface area contributed by atoms with Gasteiger partial charge >= 0.3 is 0 Å². The highest BCUT2D eigenvalue weighted by Gasteiger charge is 2.29. The number of hydrogen-bond donors (Lipinski definition) is 0. The number of hydrogen-bond acceptors (Lipinski definition) is 3. The Labute approximate surface area is 130 Å². The molecule has 3 heterocycles. The number of pyridine rings is 2. The lowest BCUT2D eigenvalue weighted by Gasteiger charge is -2.39. The van der Waals surface area contributed by atoms with Crippen LogP contribution in [-0.2, 0) is 6.54 Å². The van der Waals surface area contributed by atoms with Gasteiger partial charge in [0.25, 0.3) is 0 Å². The fraction of sp³-hybridized carbons (Fsp3) is 0.263. The maximum Gasteiger partial charge on any atom is 0.0705 e. The van der Waals surface area contributed by atoms with E-state index < -0.39 is 0 Å². The second-order valence-corrected chi connectivity index (χ2v) is 6.08. The van der Waals surface area contributed by atoms with E-state index in [0.717, 1.165) is 25.2 Å². The van der Waals surface area contributed by atoms with Gasteiger partial charge in [-0.2, -0.15) is 0 Å². The Balaban J connectivity index is 1.53. The van der Waals surface area contributed by atoms with Crippen molar-refractivity contribution in [1.29, 1.82) is 0 Å². The maximum atomic E-state index is 4.47. The molecule has 0 saturated carbocycles. The molecule has 110 valence electrons. The molecule has 1 saturated heterocycles. The summed E-state index contributed by atoms with van der Waals surface area (Å²) in [6.07, 6.45) is 3.75. The molecular formula is C19H19N3. The minimum atomic E-state index is 0.578. The van der Waals surface area contributed by atoms with Gasteiger partial charge in [-0.15, -0.1) is 0 Å². The topological polar surface area (TPSA) is 29.0 Å². The van der Waals surface area contributed by atoms with Crippen LogP contribution in [0, 0.1) is 6.92 Å². The van der Waals surface area contributed by atoms with Gasteiger partial charge in [0.05, 0.1) is 5.52 Å².